The number of fused-ring (bicyclic) bond motifs is 8. The molecule has 6 heterocycles. The second-order valence-electron chi connectivity index (χ2n) is 34.9. The summed E-state index contributed by atoms with van der Waals surface area (Å²) in [6, 6.07) is 181. The van der Waals surface area contributed by atoms with E-state index in [1.807, 2.05) is 18.2 Å². The molecule has 28 rings (SSSR count). The maximum Gasteiger partial charge on any atom is 0.137 e. The molecule has 137 heavy (non-hydrogen) atoms. The summed E-state index contributed by atoms with van der Waals surface area (Å²) in [7, 11) is 0. The van der Waals surface area contributed by atoms with Crippen molar-refractivity contribution in [2.45, 2.75) is 0 Å². The highest BCUT2D eigenvalue weighted by atomic mass is 16.3. The highest BCUT2D eigenvalue weighted by Crippen LogP contribution is 2.49. The van der Waals surface area contributed by atoms with Crippen LogP contribution in [-0.2, 0) is 0 Å². The first-order chi connectivity index (χ1) is 68.0. The molecule has 0 aliphatic heterocycles. The van der Waals surface area contributed by atoms with Gasteiger partial charge in [-0.1, -0.05) is 291 Å². The zero-order valence-corrected chi connectivity index (χ0v) is 74.4. The van der Waals surface area contributed by atoms with Gasteiger partial charge in [0.05, 0.1) is 54.9 Å². The van der Waals surface area contributed by atoms with E-state index in [0.29, 0.717) is 0 Å². The van der Waals surface area contributed by atoms with E-state index in [0.717, 1.165) is 156 Å². The average molecular weight is 1750 g/mol. The van der Waals surface area contributed by atoms with Gasteiger partial charge in [-0.2, -0.15) is 0 Å². The Balaban J connectivity index is 0.000000107. The van der Waals surface area contributed by atoms with Crippen molar-refractivity contribution in [1.29, 1.82) is 0 Å². The lowest BCUT2D eigenvalue weighted by Gasteiger charge is -2.27. The molecule has 28 aromatic rings. The van der Waals surface area contributed by atoms with Gasteiger partial charge in [0.2, 0.25) is 0 Å². The molecule has 6 aromatic heterocycles. The molecule has 0 atom stereocenters. The Labute approximate surface area is 789 Å². The Hall–Kier alpha value is -18.4. The van der Waals surface area contributed by atoms with Crippen molar-refractivity contribution in [1.82, 2.24) is 13.7 Å². The quantitative estimate of drug-likeness (QED) is 0.108. The van der Waals surface area contributed by atoms with Gasteiger partial charge in [-0.3, -0.25) is 0 Å². The molecule has 0 spiro atoms. The molecule has 0 saturated heterocycles. The zero-order chi connectivity index (χ0) is 90.4. The van der Waals surface area contributed by atoms with Crippen LogP contribution in [0.25, 0.3) is 192 Å². The average Bonchev–Trinajstić information content (AvgIpc) is 1.58. The Morgan fingerprint density at radius 2 is 0.401 bits per heavy atom. The molecule has 9 nitrogen and oxygen atoms in total. The first-order valence-corrected chi connectivity index (χ1v) is 46.6. The normalized spacial score (nSPS) is 11.6. The number of aromatic nitrogens is 3. The number of anilines is 9. The van der Waals surface area contributed by atoms with Gasteiger partial charge < -0.3 is 41.7 Å². The van der Waals surface area contributed by atoms with Crippen LogP contribution in [-0.4, -0.2) is 13.7 Å². The number of benzene rings is 22. The zero-order valence-electron chi connectivity index (χ0n) is 74.4. The summed E-state index contributed by atoms with van der Waals surface area (Å²) in [4.78, 5) is 6.97. The van der Waals surface area contributed by atoms with Crippen molar-refractivity contribution in [2.75, 3.05) is 14.7 Å². The van der Waals surface area contributed by atoms with Gasteiger partial charge >= 0.3 is 0 Å². The Morgan fingerprint density at radius 3 is 0.803 bits per heavy atom. The van der Waals surface area contributed by atoms with Crippen LogP contribution < -0.4 is 14.7 Å². The van der Waals surface area contributed by atoms with Gasteiger partial charge in [0.15, 0.2) is 0 Å². The summed E-state index contributed by atoms with van der Waals surface area (Å²) < 4.78 is 26.7. The minimum absolute atomic E-state index is 0.887. The molecule has 22 aromatic carbocycles. The Kier molecular flexibility index (Phi) is 19.4. The monoisotopic (exact) mass is 1750 g/mol. The fourth-order valence-electron chi connectivity index (χ4n) is 21.0. The van der Waals surface area contributed by atoms with Crippen molar-refractivity contribution < 1.29 is 13.3 Å². The van der Waals surface area contributed by atoms with Crippen LogP contribution in [0, 0.1) is 0 Å². The SMILES string of the molecule is c1ccc(-c2ccc(N(c3ccccc3)c3ccc(-n4c5cccc6oc7ccccc7c7cccc4c7c65)cc3)cc2)cc1.c1ccc(N(c2ccc(-c3ccc4ccccc4c3)cc2)c2ccc(-n3c4cccc5oc6ccccc6c6cccc3c6c54)cc2)cc1.c1ccc(N(c2ccc(-n3c4cccc5oc6ccccc6c6cccc3c6c54)cc2)c2cccc3ccccc23)cc1. The molecule has 0 saturated carbocycles. The largest absolute Gasteiger partial charge is 0.456 e. The smallest absolute Gasteiger partial charge is 0.137 e. The lowest BCUT2D eigenvalue weighted by Crippen LogP contribution is -2.10. The molecule has 0 aliphatic carbocycles. The second kappa shape index (κ2) is 33.4. The third-order valence-electron chi connectivity index (χ3n) is 27.1. The molecule has 0 fully saturated rings. The van der Waals surface area contributed by atoms with E-state index in [-0.39, 0.29) is 0 Å². The van der Waals surface area contributed by atoms with E-state index in [1.54, 1.807) is 0 Å². The first-order valence-electron chi connectivity index (χ1n) is 46.6. The number of nitrogens with zero attached hydrogens (tertiary/aromatic N) is 6. The third-order valence-corrected chi connectivity index (χ3v) is 27.1. The maximum atomic E-state index is 6.55. The third kappa shape index (κ3) is 13.8. The molecule has 0 unspecified atom stereocenters. The number of rotatable bonds is 14. The number of hydrogen-bond donors (Lipinski definition) is 0. The number of para-hydroxylation sites is 6. The van der Waals surface area contributed by atoms with E-state index in [1.165, 1.54) is 87.1 Å². The first kappa shape index (κ1) is 79.5. The molecule has 9 heteroatoms. The summed E-state index contributed by atoms with van der Waals surface area (Å²) in [6.07, 6.45) is 0. The maximum absolute atomic E-state index is 6.55. The summed E-state index contributed by atoms with van der Waals surface area (Å²) in [5, 5.41) is 19.0. The van der Waals surface area contributed by atoms with E-state index >= 15 is 0 Å². The predicted octanol–water partition coefficient (Wildman–Crippen LogP) is 36.1. The van der Waals surface area contributed by atoms with E-state index in [9.17, 15) is 0 Å². The van der Waals surface area contributed by atoms with Crippen molar-refractivity contribution in [3.8, 4) is 39.3 Å². The van der Waals surface area contributed by atoms with Gasteiger partial charge in [-0.25, -0.2) is 0 Å². The Morgan fingerprint density at radius 1 is 0.146 bits per heavy atom. The van der Waals surface area contributed by atoms with Crippen LogP contribution in [0.2, 0.25) is 0 Å². The van der Waals surface area contributed by atoms with Gasteiger partial charge in [-0.05, 0) is 273 Å². The van der Waals surface area contributed by atoms with Gasteiger partial charge in [0, 0.05) is 100 Å². The highest BCUT2D eigenvalue weighted by molar-refractivity contribution is 6.30. The van der Waals surface area contributed by atoms with Crippen molar-refractivity contribution >= 4 is 204 Å². The summed E-state index contributed by atoms with van der Waals surface area (Å²) >= 11 is 0. The molecular formula is C128H84N6O3. The summed E-state index contributed by atoms with van der Waals surface area (Å²) in [5.74, 6) is 0. The van der Waals surface area contributed by atoms with E-state index < -0.39 is 0 Å². The topological polar surface area (TPSA) is 63.9 Å². The molecule has 644 valence electrons. The van der Waals surface area contributed by atoms with Crippen LogP contribution in [0.4, 0.5) is 51.2 Å². The highest BCUT2D eigenvalue weighted by Gasteiger charge is 2.26. The van der Waals surface area contributed by atoms with Crippen LogP contribution >= 0.6 is 0 Å². The van der Waals surface area contributed by atoms with Gasteiger partial charge in [-0.15, -0.1) is 0 Å². The van der Waals surface area contributed by atoms with E-state index in [2.05, 4.69) is 520 Å². The lowest BCUT2D eigenvalue weighted by atomic mass is 10.0. The Bertz CT molecular complexity index is 9450. The van der Waals surface area contributed by atoms with Crippen LogP contribution in [0.5, 0.6) is 0 Å². The van der Waals surface area contributed by atoms with Gasteiger partial charge in [0.25, 0.3) is 0 Å². The lowest BCUT2D eigenvalue weighted by molar-refractivity contribution is 0.663. The minimum Gasteiger partial charge on any atom is -0.456 e. The second-order valence-corrected chi connectivity index (χ2v) is 34.9. The van der Waals surface area contributed by atoms with Crippen molar-refractivity contribution in [2.24, 2.45) is 0 Å². The minimum atomic E-state index is 0.887. The fraction of sp³-hybridized carbons (Fsp3) is 0. The summed E-state index contributed by atoms with van der Waals surface area (Å²) in [5.41, 5.74) is 30.4. The van der Waals surface area contributed by atoms with E-state index in [4.69, 9.17) is 13.3 Å². The fourth-order valence-corrected chi connectivity index (χ4v) is 21.0. The molecule has 0 N–H and O–H groups in total. The van der Waals surface area contributed by atoms with Gasteiger partial charge in [0.1, 0.15) is 33.5 Å². The van der Waals surface area contributed by atoms with Crippen LogP contribution in [0.3, 0.4) is 0 Å². The number of hydrogen-bond acceptors (Lipinski definition) is 6. The standard InChI is InChI=1S/C46H30N2O.C42H28N2O.C40H26N2O/c1-2-12-35(13-3-1)47(36-24-22-32(23-25-36)34-21-20-31-10-4-5-11-33(31)30-34)37-26-28-38(29-27-37)48-41-16-8-15-40-39-14-6-7-18-43(39)49-44-19-9-17-42(48)46(44)45(40)41;1-3-11-29(12-4-1)30-21-23-32(24-22-30)43(31-13-5-2-6-14-31)33-25-27-34(28-26-33)44-37-17-9-16-36-35-15-7-8-19-39(35)45-40-20-10-18-38(44)42(40)41(36)37;1-2-13-28(14-3-1)41(34-18-8-12-27-11-4-5-15-31(27)34)29-23-25-30(26-24-29)42-35-19-9-17-33-32-16-6-7-21-37(32)43-38-22-10-20-36(42)40(38)39(33)35/h1-30H;1-28H;1-26H. The summed E-state index contributed by atoms with van der Waals surface area (Å²) in [6.45, 7) is 0. The van der Waals surface area contributed by atoms with Crippen molar-refractivity contribution in [3.63, 3.8) is 0 Å². The molecule has 0 aliphatic rings. The molecule has 0 amide bonds. The molecule has 0 bridgehead atoms. The van der Waals surface area contributed by atoms with Crippen molar-refractivity contribution in [3.05, 3.63) is 510 Å². The molecule has 0 radical (unpaired) electrons. The van der Waals surface area contributed by atoms with Crippen LogP contribution in [0.1, 0.15) is 0 Å². The predicted molar refractivity (Wildman–Crippen MR) is 574 cm³/mol. The molecular weight excluding hydrogens is 1670 g/mol. The van der Waals surface area contributed by atoms with Crippen LogP contribution in [0.15, 0.2) is 523 Å².